The van der Waals surface area contributed by atoms with Crippen LogP contribution in [-0.4, -0.2) is 4.57 Å². The van der Waals surface area contributed by atoms with Gasteiger partial charge in [-0.2, -0.15) is 0 Å². The van der Waals surface area contributed by atoms with E-state index in [1.165, 1.54) is 38.6 Å². The molecule has 2 heterocycles. The van der Waals surface area contributed by atoms with Crippen molar-refractivity contribution in [3.05, 3.63) is 194 Å². The molecule has 0 aliphatic carbocycles. The van der Waals surface area contributed by atoms with Crippen LogP contribution in [0.3, 0.4) is 0 Å². The van der Waals surface area contributed by atoms with Crippen molar-refractivity contribution < 1.29 is 4.42 Å². The van der Waals surface area contributed by atoms with Crippen molar-refractivity contribution in [1.29, 1.82) is 0 Å². The molecular formula is C48H32N2O. The van der Waals surface area contributed by atoms with Gasteiger partial charge in [0, 0.05) is 44.3 Å². The highest BCUT2D eigenvalue weighted by molar-refractivity contribution is 6.13. The summed E-state index contributed by atoms with van der Waals surface area (Å²) in [4.78, 5) is 2.33. The van der Waals surface area contributed by atoms with Gasteiger partial charge in [-0.15, -0.1) is 0 Å². The Hall–Kier alpha value is -6.84. The molecule has 0 saturated heterocycles. The van der Waals surface area contributed by atoms with Crippen molar-refractivity contribution in [3.63, 3.8) is 0 Å². The predicted molar refractivity (Wildman–Crippen MR) is 214 cm³/mol. The van der Waals surface area contributed by atoms with E-state index in [4.69, 9.17) is 4.42 Å². The Morgan fingerprint density at radius 2 is 1.00 bits per heavy atom. The van der Waals surface area contributed by atoms with Crippen LogP contribution in [0, 0.1) is 0 Å². The molecule has 10 rings (SSSR count). The quantitative estimate of drug-likeness (QED) is 0.178. The summed E-state index contributed by atoms with van der Waals surface area (Å²) in [5.74, 6) is 0. The van der Waals surface area contributed by atoms with Gasteiger partial charge in [0.2, 0.25) is 0 Å². The lowest BCUT2D eigenvalue weighted by Gasteiger charge is -2.26. The fourth-order valence-corrected chi connectivity index (χ4v) is 7.66. The van der Waals surface area contributed by atoms with Gasteiger partial charge in [-0.1, -0.05) is 115 Å². The summed E-state index contributed by atoms with van der Waals surface area (Å²) in [6, 6.07) is 69.1. The van der Waals surface area contributed by atoms with E-state index in [1.807, 2.05) is 12.1 Å². The maximum absolute atomic E-state index is 6.23. The van der Waals surface area contributed by atoms with Crippen molar-refractivity contribution in [2.24, 2.45) is 0 Å². The van der Waals surface area contributed by atoms with Crippen LogP contribution in [0.25, 0.3) is 71.7 Å². The minimum absolute atomic E-state index is 0.900. The maximum atomic E-state index is 6.23. The van der Waals surface area contributed by atoms with Crippen LogP contribution in [0.2, 0.25) is 0 Å². The number of anilines is 3. The van der Waals surface area contributed by atoms with Crippen molar-refractivity contribution >= 4 is 60.8 Å². The lowest BCUT2D eigenvalue weighted by atomic mass is 9.98. The Morgan fingerprint density at radius 1 is 0.373 bits per heavy atom. The van der Waals surface area contributed by atoms with Crippen LogP contribution in [-0.2, 0) is 0 Å². The number of aromatic nitrogens is 1. The van der Waals surface area contributed by atoms with Crippen LogP contribution in [0.1, 0.15) is 0 Å². The zero-order chi connectivity index (χ0) is 33.7. The van der Waals surface area contributed by atoms with E-state index in [0.717, 1.165) is 50.1 Å². The fraction of sp³-hybridized carbons (Fsp3) is 0. The summed E-state index contributed by atoms with van der Waals surface area (Å²) >= 11 is 0. The van der Waals surface area contributed by atoms with Gasteiger partial charge >= 0.3 is 0 Å². The number of furan rings is 1. The van der Waals surface area contributed by atoms with E-state index in [0.29, 0.717) is 0 Å². The van der Waals surface area contributed by atoms with Crippen LogP contribution in [0.15, 0.2) is 199 Å². The fourth-order valence-electron chi connectivity index (χ4n) is 7.66. The minimum atomic E-state index is 0.900. The first-order valence-corrected chi connectivity index (χ1v) is 17.4. The molecule has 3 nitrogen and oxygen atoms in total. The highest BCUT2D eigenvalue weighted by Gasteiger charge is 2.17. The van der Waals surface area contributed by atoms with E-state index < -0.39 is 0 Å². The predicted octanol–water partition coefficient (Wildman–Crippen LogP) is 13.5. The van der Waals surface area contributed by atoms with Gasteiger partial charge in [0.25, 0.3) is 0 Å². The summed E-state index contributed by atoms with van der Waals surface area (Å²) in [5, 5.41) is 4.78. The van der Waals surface area contributed by atoms with E-state index in [2.05, 4.69) is 191 Å². The molecule has 0 bridgehead atoms. The first kappa shape index (κ1) is 29.1. The second-order valence-corrected chi connectivity index (χ2v) is 13.0. The highest BCUT2D eigenvalue weighted by Crippen LogP contribution is 2.41. The summed E-state index contributed by atoms with van der Waals surface area (Å²) in [7, 11) is 0. The van der Waals surface area contributed by atoms with E-state index in [1.54, 1.807) is 0 Å². The SMILES string of the molecule is c1ccc(N(c2ccc(-c3ccc4c(c3)c3ccccc3n4-c3ccccc3)cc2)c2cccc(-c3cccc4oc5ccccc5c34)c2)cc1. The second kappa shape index (κ2) is 11.9. The zero-order valence-corrected chi connectivity index (χ0v) is 27.8. The van der Waals surface area contributed by atoms with Gasteiger partial charge in [0.15, 0.2) is 0 Å². The Kier molecular flexibility index (Phi) is 6.81. The number of hydrogen-bond acceptors (Lipinski definition) is 2. The molecule has 8 aromatic carbocycles. The van der Waals surface area contributed by atoms with Gasteiger partial charge in [0.05, 0.1) is 11.0 Å². The van der Waals surface area contributed by atoms with Gasteiger partial charge in [-0.3, -0.25) is 0 Å². The summed E-state index contributed by atoms with van der Waals surface area (Å²) in [6.07, 6.45) is 0. The van der Waals surface area contributed by atoms with Crippen molar-refractivity contribution in [2.45, 2.75) is 0 Å². The maximum Gasteiger partial charge on any atom is 0.136 e. The van der Waals surface area contributed by atoms with Crippen molar-refractivity contribution in [3.8, 4) is 27.9 Å². The molecule has 2 aromatic heterocycles. The molecular weight excluding hydrogens is 621 g/mol. The number of nitrogens with zero attached hydrogens (tertiary/aromatic N) is 2. The molecule has 0 N–H and O–H groups in total. The first-order valence-electron chi connectivity index (χ1n) is 17.4. The molecule has 240 valence electrons. The van der Waals surface area contributed by atoms with E-state index >= 15 is 0 Å². The summed E-state index contributed by atoms with van der Waals surface area (Å²) in [5.41, 5.74) is 13.3. The molecule has 10 aromatic rings. The smallest absolute Gasteiger partial charge is 0.136 e. The first-order chi connectivity index (χ1) is 25.3. The minimum Gasteiger partial charge on any atom is -0.456 e. The molecule has 0 atom stereocenters. The molecule has 0 saturated carbocycles. The largest absolute Gasteiger partial charge is 0.456 e. The Balaban J connectivity index is 1.06. The summed E-state index contributed by atoms with van der Waals surface area (Å²) in [6.45, 7) is 0. The van der Waals surface area contributed by atoms with Gasteiger partial charge in [-0.25, -0.2) is 0 Å². The Labute approximate surface area is 295 Å². The topological polar surface area (TPSA) is 21.3 Å². The van der Waals surface area contributed by atoms with Crippen molar-refractivity contribution in [1.82, 2.24) is 4.57 Å². The van der Waals surface area contributed by atoms with Gasteiger partial charge in [0.1, 0.15) is 11.2 Å². The normalized spacial score (nSPS) is 11.5. The van der Waals surface area contributed by atoms with Gasteiger partial charge < -0.3 is 13.9 Å². The molecule has 0 amide bonds. The van der Waals surface area contributed by atoms with Crippen LogP contribution in [0.5, 0.6) is 0 Å². The summed E-state index contributed by atoms with van der Waals surface area (Å²) < 4.78 is 8.59. The lowest BCUT2D eigenvalue weighted by molar-refractivity contribution is 0.669. The zero-order valence-electron chi connectivity index (χ0n) is 27.8. The van der Waals surface area contributed by atoms with E-state index in [9.17, 15) is 0 Å². The average molecular weight is 653 g/mol. The standard InChI is InChI=1S/C48H32N2O/c1-3-14-36(15-4-1)49(39-18-11-13-35(31-39)40-21-12-24-47-48(40)42-20-8-10-23-46(42)51-47)38-28-25-33(26-29-38)34-27-30-45-43(32-34)41-19-7-9-22-44(41)50(45)37-16-5-2-6-17-37/h1-32H. The van der Waals surface area contributed by atoms with Crippen molar-refractivity contribution in [2.75, 3.05) is 4.90 Å². The third-order valence-electron chi connectivity index (χ3n) is 9.98. The molecule has 0 aliphatic rings. The molecule has 0 aliphatic heterocycles. The number of benzene rings is 8. The number of para-hydroxylation sites is 4. The van der Waals surface area contributed by atoms with Crippen LogP contribution < -0.4 is 4.90 Å². The number of fused-ring (bicyclic) bond motifs is 6. The monoisotopic (exact) mass is 652 g/mol. The third kappa shape index (κ3) is 4.90. The third-order valence-corrected chi connectivity index (χ3v) is 9.98. The molecule has 0 radical (unpaired) electrons. The number of rotatable bonds is 6. The lowest BCUT2D eigenvalue weighted by Crippen LogP contribution is -2.09. The Morgan fingerprint density at radius 3 is 1.84 bits per heavy atom. The molecule has 0 spiro atoms. The van der Waals surface area contributed by atoms with Gasteiger partial charge in [-0.05, 0) is 101 Å². The van der Waals surface area contributed by atoms with Crippen LogP contribution in [0.4, 0.5) is 17.1 Å². The number of hydrogen-bond donors (Lipinski definition) is 0. The van der Waals surface area contributed by atoms with Crippen LogP contribution >= 0.6 is 0 Å². The molecule has 3 heteroatoms. The second-order valence-electron chi connectivity index (χ2n) is 13.0. The highest BCUT2D eigenvalue weighted by atomic mass is 16.3. The molecule has 51 heavy (non-hydrogen) atoms. The molecule has 0 fully saturated rings. The van der Waals surface area contributed by atoms with E-state index in [-0.39, 0.29) is 0 Å². The average Bonchev–Trinajstić information content (AvgIpc) is 3.75. The Bertz CT molecular complexity index is 2850. The molecule has 0 unspecified atom stereocenters.